The second-order valence-electron chi connectivity index (χ2n) is 8.41. The molecule has 0 aromatic heterocycles. The van der Waals surface area contributed by atoms with Crippen molar-refractivity contribution in [3.05, 3.63) is 0 Å². The van der Waals surface area contributed by atoms with Crippen LogP contribution in [0.25, 0.3) is 0 Å². The van der Waals surface area contributed by atoms with Crippen molar-refractivity contribution in [2.75, 3.05) is 0 Å². The summed E-state index contributed by atoms with van der Waals surface area (Å²) in [5, 5.41) is 0. The lowest BCUT2D eigenvalue weighted by molar-refractivity contribution is -0.246. The number of carbonyl (C=O) groups excluding carboxylic acids is 2. The van der Waals surface area contributed by atoms with Crippen molar-refractivity contribution >= 4 is 12.3 Å². The van der Waals surface area contributed by atoms with E-state index in [0.29, 0.717) is 11.8 Å². The van der Waals surface area contributed by atoms with Crippen molar-refractivity contribution in [3.63, 3.8) is 0 Å². The van der Waals surface area contributed by atoms with E-state index >= 15 is 0 Å². The average Bonchev–Trinajstić information content (AvgIpc) is 2.72. The Hall–Kier alpha value is -1.46. The van der Waals surface area contributed by atoms with Crippen molar-refractivity contribution in [1.82, 2.24) is 0 Å². The van der Waals surface area contributed by atoms with Gasteiger partial charge in [0, 0.05) is 0 Å². The fourth-order valence-electron chi connectivity index (χ4n) is 5.49. The number of carbonyl (C=O) groups is 2. The molecule has 0 N–H and O–H groups in total. The predicted octanol–water partition coefficient (Wildman–Crippen LogP) is 6.71. The van der Waals surface area contributed by atoms with Gasteiger partial charge in [0.15, 0.2) is 0 Å². The molecule has 2 aliphatic carbocycles. The lowest BCUT2D eigenvalue weighted by Gasteiger charge is -2.42. The summed E-state index contributed by atoms with van der Waals surface area (Å²) >= 11 is 0. The summed E-state index contributed by atoms with van der Waals surface area (Å²) in [4.78, 5) is 33.8. The van der Waals surface area contributed by atoms with Gasteiger partial charge in [-0.3, -0.25) is 0 Å². The van der Waals surface area contributed by atoms with E-state index in [2.05, 4.69) is 13.8 Å². The minimum absolute atomic E-state index is 0.307. The molecule has 0 radical (unpaired) electrons. The molecule has 0 heterocycles. The van der Waals surface area contributed by atoms with Crippen molar-refractivity contribution in [1.29, 1.82) is 0 Å². The lowest BCUT2D eigenvalue weighted by Crippen LogP contribution is -2.45. The van der Waals surface area contributed by atoms with E-state index in [1.807, 2.05) is 13.8 Å². The highest BCUT2D eigenvalue weighted by Crippen LogP contribution is 2.42. The van der Waals surface area contributed by atoms with Gasteiger partial charge in [-0.15, -0.1) is 0 Å². The Labute approximate surface area is 169 Å². The molecule has 0 bridgehead atoms. The minimum Gasteiger partial charge on any atom is -0.425 e. The summed E-state index contributed by atoms with van der Waals surface area (Å²) < 4.78 is 11.3. The van der Waals surface area contributed by atoms with Gasteiger partial charge in [0.1, 0.15) is 11.2 Å². The van der Waals surface area contributed by atoms with Gasteiger partial charge in [0.2, 0.25) is 0 Å². The smallest absolute Gasteiger partial charge is 0.425 e. The van der Waals surface area contributed by atoms with Crippen LogP contribution in [0.3, 0.4) is 0 Å². The van der Waals surface area contributed by atoms with Gasteiger partial charge in [-0.05, 0) is 76.0 Å². The van der Waals surface area contributed by atoms with Gasteiger partial charge in [-0.25, -0.2) is 0 Å². The third-order valence-corrected chi connectivity index (χ3v) is 7.23. The molecule has 0 spiro atoms. The highest BCUT2D eigenvalue weighted by Gasteiger charge is 2.44. The van der Waals surface area contributed by atoms with Crippen LogP contribution >= 0.6 is 0 Å². The monoisotopic (exact) mass is 398 g/mol. The third-order valence-electron chi connectivity index (χ3n) is 7.23. The highest BCUT2D eigenvalue weighted by atomic mass is 17.3. The zero-order valence-electron chi connectivity index (χ0n) is 18.1. The normalized spacial score (nSPS) is 33.0. The molecule has 4 atom stereocenters. The first-order chi connectivity index (χ1) is 13.4. The zero-order valence-corrected chi connectivity index (χ0v) is 18.1. The Bertz CT molecular complexity index is 475. The molecule has 162 valence electrons. The topological polar surface area (TPSA) is 71.1 Å². The molecule has 2 aliphatic rings. The zero-order chi connectivity index (χ0) is 20.6. The van der Waals surface area contributed by atoms with Crippen molar-refractivity contribution in [2.45, 2.75) is 116 Å². The van der Waals surface area contributed by atoms with Crippen LogP contribution < -0.4 is 0 Å². The molecule has 4 unspecified atom stereocenters. The van der Waals surface area contributed by atoms with Gasteiger partial charge in [0.05, 0.1) is 0 Å². The van der Waals surface area contributed by atoms with Gasteiger partial charge in [0.25, 0.3) is 0 Å². The molecule has 0 aromatic carbocycles. The maximum absolute atomic E-state index is 12.2. The molecular formula is C22H38O6. The highest BCUT2D eigenvalue weighted by molar-refractivity contribution is 5.64. The number of hydrogen-bond acceptors (Lipinski definition) is 6. The predicted molar refractivity (Wildman–Crippen MR) is 106 cm³/mol. The van der Waals surface area contributed by atoms with Gasteiger partial charge < -0.3 is 9.47 Å². The summed E-state index contributed by atoms with van der Waals surface area (Å²) in [6.07, 6.45) is 9.50. The average molecular weight is 399 g/mol. The van der Waals surface area contributed by atoms with E-state index in [1.54, 1.807) is 0 Å². The Balaban J connectivity index is 1.90. The summed E-state index contributed by atoms with van der Waals surface area (Å²) in [6, 6.07) is 0. The van der Waals surface area contributed by atoms with E-state index in [9.17, 15) is 9.59 Å². The van der Waals surface area contributed by atoms with Crippen LogP contribution in [0.1, 0.15) is 105 Å². The van der Waals surface area contributed by atoms with E-state index in [0.717, 1.165) is 77.0 Å². The number of rotatable bonds is 6. The second-order valence-corrected chi connectivity index (χ2v) is 8.41. The lowest BCUT2D eigenvalue weighted by atomic mass is 9.72. The summed E-state index contributed by atoms with van der Waals surface area (Å²) in [5.41, 5.74) is -1.06. The number of ether oxygens (including phenoxy) is 2. The third kappa shape index (κ3) is 5.12. The summed E-state index contributed by atoms with van der Waals surface area (Å²) in [5.74, 6) is 0.614. The largest absolute Gasteiger partial charge is 0.550 e. The Morgan fingerprint density at radius 1 is 0.714 bits per heavy atom. The van der Waals surface area contributed by atoms with E-state index in [4.69, 9.17) is 19.2 Å². The van der Waals surface area contributed by atoms with Crippen LogP contribution in [-0.4, -0.2) is 23.5 Å². The summed E-state index contributed by atoms with van der Waals surface area (Å²) in [6.45, 7) is 8.27. The SMILES string of the molecule is CCC1CCCCC1(CC)OC(=O)OOC(=O)OC1(CC)CCCCC1CC. The van der Waals surface area contributed by atoms with E-state index in [-0.39, 0.29) is 0 Å². The fourth-order valence-corrected chi connectivity index (χ4v) is 5.49. The van der Waals surface area contributed by atoms with Crippen LogP contribution in [0.2, 0.25) is 0 Å². The Morgan fingerprint density at radius 3 is 1.43 bits per heavy atom. The first-order valence-electron chi connectivity index (χ1n) is 11.3. The fraction of sp³-hybridized carbons (Fsp3) is 0.909. The number of hydrogen-bond donors (Lipinski definition) is 0. The van der Waals surface area contributed by atoms with E-state index < -0.39 is 23.5 Å². The van der Waals surface area contributed by atoms with Crippen LogP contribution in [0.4, 0.5) is 9.59 Å². The molecule has 6 nitrogen and oxygen atoms in total. The first-order valence-corrected chi connectivity index (χ1v) is 11.3. The molecule has 0 aromatic rings. The maximum Gasteiger partial charge on any atom is 0.550 e. The van der Waals surface area contributed by atoms with Crippen LogP contribution in [0.5, 0.6) is 0 Å². The Morgan fingerprint density at radius 2 is 1.11 bits per heavy atom. The molecule has 2 rings (SSSR count). The van der Waals surface area contributed by atoms with Gasteiger partial charge in [-0.1, -0.05) is 40.5 Å². The molecular weight excluding hydrogens is 360 g/mol. The van der Waals surface area contributed by atoms with Crippen LogP contribution in [0, 0.1) is 11.8 Å². The minimum atomic E-state index is -0.958. The van der Waals surface area contributed by atoms with Crippen LogP contribution in [0.15, 0.2) is 0 Å². The van der Waals surface area contributed by atoms with Crippen molar-refractivity contribution in [3.8, 4) is 0 Å². The molecule has 2 saturated carbocycles. The van der Waals surface area contributed by atoms with Gasteiger partial charge >= 0.3 is 12.3 Å². The molecule has 6 heteroatoms. The Kier molecular flexibility index (Phi) is 8.44. The summed E-state index contributed by atoms with van der Waals surface area (Å²) in [7, 11) is 0. The maximum atomic E-state index is 12.2. The molecule has 28 heavy (non-hydrogen) atoms. The van der Waals surface area contributed by atoms with Gasteiger partial charge in [-0.2, -0.15) is 19.4 Å². The molecule has 0 saturated heterocycles. The molecule has 0 aliphatic heterocycles. The quantitative estimate of drug-likeness (QED) is 0.281. The standard InChI is InChI=1S/C22H38O6/c1-5-17-13-9-11-15-21(17,7-3)25-19(23)27-28-20(24)26-22(8-4)16-12-10-14-18(22)6-2/h17-18H,5-16H2,1-4H3. The van der Waals surface area contributed by atoms with Crippen LogP contribution in [-0.2, 0) is 19.2 Å². The first kappa shape index (κ1) is 22.8. The van der Waals surface area contributed by atoms with Crippen molar-refractivity contribution in [2.24, 2.45) is 11.8 Å². The molecule has 0 amide bonds. The van der Waals surface area contributed by atoms with E-state index in [1.165, 1.54) is 0 Å². The molecule has 2 fully saturated rings. The van der Waals surface area contributed by atoms with Crippen molar-refractivity contribution < 1.29 is 28.8 Å². The second kappa shape index (κ2) is 10.4.